The predicted octanol–water partition coefficient (Wildman–Crippen LogP) is 3.77. The molecule has 0 aliphatic heterocycles. The summed E-state index contributed by atoms with van der Waals surface area (Å²) in [5.41, 5.74) is 1.94. The summed E-state index contributed by atoms with van der Waals surface area (Å²) in [6.45, 7) is 4.94. The molecule has 34 heavy (non-hydrogen) atoms. The molecule has 8 nitrogen and oxygen atoms in total. The molecule has 4 rings (SSSR count). The molecule has 4 aromatic rings. The quantitative estimate of drug-likeness (QED) is 0.471. The van der Waals surface area contributed by atoms with Crippen LogP contribution in [0.3, 0.4) is 0 Å². The molecule has 1 amide bonds. The first-order chi connectivity index (χ1) is 16.2. The lowest BCUT2D eigenvalue weighted by molar-refractivity contribution is -0.116. The molecular formula is C25H23ClN4O4. The second-order valence-corrected chi connectivity index (χ2v) is 8.40. The number of amides is 1. The summed E-state index contributed by atoms with van der Waals surface area (Å²) in [6.07, 6.45) is 0. The summed E-state index contributed by atoms with van der Waals surface area (Å²) >= 11 is 6.22. The van der Waals surface area contributed by atoms with E-state index in [4.69, 9.17) is 16.3 Å². The van der Waals surface area contributed by atoms with Gasteiger partial charge in [-0.15, -0.1) is 0 Å². The van der Waals surface area contributed by atoms with E-state index < -0.39 is 23.7 Å². The van der Waals surface area contributed by atoms with E-state index in [9.17, 15) is 14.4 Å². The molecule has 9 heteroatoms. The van der Waals surface area contributed by atoms with Gasteiger partial charge in [-0.05, 0) is 62.2 Å². The van der Waals surface area contributed by atoms with Gasteiger partial charge in [0.05, 0.1) is 28.9 Å². The van der Waals surface area contributed by atoms with E-state index in [1.165, 1.54) is 11.7 Å². The number of halogens is 1. The van der Waals surface area contributed by atoms with Crippen molar-refractivity contribution in [1.29, 1.82) is 0 Å². The highest BCUT2D eigenvalue weighted by atomic mass is 35.5. The van der Waals surface area contributed by atoms with Crippen LogP contribution in [0.15, 0.2) is 58.1 Å². The van der Waals surface area contributed by atoms with E-state index in [2.05, 4.69) is 10.3 Å². The topological polar surface area (TPSA) is 95.2 Å². The van der Waals surface area contributed by atoms with Gasteiger partial charge in [-0.2, -0.15) is 0 Å². The van der Waals surface area contributed by atoms with E-state index >= 15 is 0 Å². The van der Waals surface area contributed by atoms with E-state index in [1.54, 1.807) is 62.4 Å². The standard InChI is InChI=1S/C25H23ClN4O4/c1-14-9-10-18(17(26)11-14)28-21(31)13-29-24(32)22-15(2)12-16(3)27-23(22)30(25(29)33)19-7-5-6-8-20(19)34-4/h5-12H,13H2,1-4H3,(H,28,31). The Morgan fingerprint density at radius 2 is 1.82 bits per heavy atom. The van der Waals surface area contributed by atoms with Gasteiger partial charge < -0.3 is 10.1 Å². The second-order valence-electron chi connectivity index (χ2n) is 7.99. The van der Waals surface area contributed by atoms with Crippen molar-refractivity contribution in [2.75, 3.05) is 12.4 Å². The first-order valence-corrected chi connectivity index (χ1v) is 10.9. The number of carbonyl (C=O) groups is 1. The zero-order chi connectivity index (χ0) is 24.6. The molecule has 174 valence electrons. The molecule has 0 fully saturated rings. The third kappa shape index (κ3) is 4.20. The number of anilines is 1. The van der Waals surface area contributed by atoms with Gasteiger partial charge in [0.15, 0.2) is 5.65 Å². The van der Waals surface area contributed by atoms with E-state index in [1.807, 2.05) is 6.92 Å². The minimum absolute atomic E-state index is 0.204. The third-order valence-corrected chi connectivity index (χ3v) is 5.76. The number of rotatable bonds is 5. The minimum Gasteiger partial charge on any atom is -0.495 e. The van der Waals surface area contributed by atoms with Crippen LogP contribution in [-0.4, -0.2) is 27.1 Å². The Bertz CT molecular complexity index is 1560. The number of pyridine rings is 1. The molecule has 2 aromatic carbocycles. The molecular weight excluding hydrogens is 456 g/mol. The van der Waals surface area contributed by atoms with Gasteiger partial charge in [-0.25, -0.2) is 18.9 Å². The largest absolute Gasteiger partial charge is 0.495 e. The maximum atomic E-state index is 13.6. The van der Waals surface area contributed by atoms with Crippen LogP contribution in [0.2, 0.25) is 5.02 Å². The number of methoxy groups -OCH3 is 1. The van der Waals surface area contributed by atoms with Crippen LogP contribution >= 0.6 is 11.6 Å². The first kappa shape index (κ1) is 23.3. The Morgan fingerprint density at radius 1 is 1.09 bits per heavy atom. The van der Waals surface area contributed by atoms with Crippen LogP contribution in [0.4, 0.5) is 5.69 Å². The number of hydrogen-bond acceptors (Lipinski definition) is 5. The van der Waals surface area contributed by atoms with Gasteiger partial charge in [-0.3, -0.25) is 9.59 Å². The van der Waals surface area contributed by atoms with Crippen molar-refractivity contribution in [2.24, 2.45) is 0 Å². The van der Waals surface area contributed by atoms with Crippen molar-refractivity contribution in [3.8, 4) is 11.4 Å². The van der Waals surface area contributed by atoms with Crippen molar-refractivity contribution in [3.63, 3.8) is 0 Å². The summed E-state index contributed by atoms with van der Waals surface area (Å²) in [4.78, 5) is 44.4. The summed E-state index contributed by atoms with van der Waals surface area (Å²) in [5.74, 6) is -0.137. The molecule has 1 N–H and O–H groups in total. The number of aryl methyl sites for hydroxylation is 3. The fourth-order valence-electron chi connectivity index (χ4n) is 3.90. The fourth-order valence-corrected chi connectivity index (χ4v) is 4.18. The van der Waals surface area contributed by atoms with E-state index in [-0.39, 0.29) is 11.0 Å². The Labute approximate surface area is 200 Å². The monoisotopic (exact) mass is 478 g/mol. The molecule has 0 saturated heterocycles. The maximum Gasteiger partial charge on any atom is 0.337 e. The van der Waals surface area contributed by atoms with Gasteiger partial charge in [0.25, 0.3) is 5.56 Å². The molecule has 0 unspecified atom stereocenters. The Kier molecular flexibility index (Phi) is 6.26. The van der Waals surface area contributed by atoms with Gasteiger partial charge in [0.1, 0.15) is 12.3 Å². The Balaban J connectivity index is 1.92. The summed E-state index contributed by atoms with van der Waals surface area (Å²) in [7, 11) is 1.49. The van der Waals surface area contributed by atoms with Crippen molar-refractivity contribution in [1.82, 2.24) is 14.1 Å². The number of nitrogens with one attached hydrogen (secondary N) is 1. The van der Waals surface area contributed by atoms with Gasteiger partial charge in [0.2, 0.25) is 5.91 Å². The molecule has 0 spiro atoms. The number of fused-ring (bicyclic) bond motifs is 1. The smallest absolute Gasteiger partial charge is 0.337 e. The first-order valence-electron chi connectivity index (χ1n) is 10.5. The number of nitrogens with zero attached hydrogens (tertiary/aromatic N) is 3. The van der Waals surface area contributed by atoms with Crippen molar-refractivity contribution < 1.29 is 9.53 Å². The van der Waals surface area contributed by atoms with Gasteiger partial charge in [0, 0.05) is 5.69 Å². The normalized spacial score (nSPS) is 11.0. The predicted molar refractivity (Wildman–Crippen MR) is 132 cm³/mol. The summed E-state index contributed by atoms with van der Waals surface area (Å²) in [6, 6.07) is 13.9. The highest BCUT2D eigenvalue weighted by Gasteiger charge is 2.21. The van der Waals surface area contributed by atoms with Gasteiger partial charge in [-0.1, -0.05) is 29.8 Å². The highest BCUT2D eigenvalue weighted by Crippen LogP contribution is 2.25. The van der Waals surface area contributed by atoms with E-state index in [0.717, 1.165) is 10.1 Å². The van der Waals surface area contributed by atoms with Crippen LogP contribution in [0.1, 0.15) is 16.8 Å². The molecule has 2 aromatic heterocycles. The lowest BCUT2D eigenvalue weighted by Gasteiger charge is -2.17. The molecule has 0 aliphatic rings. The van der Waals surface area contributed by atoms with Crippen molar-refractivity contribution in [3.05, 3.63) is 91.2 Å². The van der Waals surface area contributed by atoms with Crippen LogP contribution in [0, 0.1) is 20.8 Å². The Hall–Kier alpha value is -3.91. The number of aromatic nitrogens is 3. The van der Waals surface area contributed by atoms with Crippen LogP contribution in [0.5, 0.6) is 5.75 Å². The lowest BCUT2D eigenvalue weighted by Crippen LogP contribution is -2.42. The lowest BCUT2D eigenvalue weighted by atomic mass is 10.1. The van der Waals surface area contributed by atoms with Crippen molar-refractivity contribution in [2.45, 2.75) is 27.3 Å². The van der Waals surface area contributed by atoms with Crippen LogP contribution in [0.25, 0.3) is 16.7 Å². The molecule has 0 radical (unpaired) electrons. The zero-order valence-electron chi connectivity index (χ0n) is 19.2. The average molecular weight is 479 g/mol. The number of ether oxygens (including phenoxy) is 1. The van der Waals surface area contributed by atoms with Crippen molar-refractivity contribution >= 4 is 34.2 Å². The third-order valence-electron chi connectivity index (χ3n) is 5.45. The second kappa shape index (κ2) is 9.15. The molecule has 0 bridgehead atoms. The van der Waals surface area contributed by atoms with Gasteiger partial charge >= 0.3 is 5.69 Å². The SMILES string of the molecule is COc1ccccc1-n1c(=O)n(CC(=O)Nc2ccc(C)cc2Cl)c(=O)c2c(C)cc(C)nc21. The maximum absolute atomic E-state index is 13.6. The molecule has 0 aliphatic carbocycles. The average Bonchev–Trinajstić information content (AvgIpc) is 2.78. The van der Waals surface area contributed by atoms with Crippen LogP contribution in [-0.2, 0) is 11.3 Å². The number of hydrogen-bond donors (Lipinski definition) is 1. The fraction of sp³-hybridized carbons (Fsp3) is 0.200. The van der Waals surface area contributed by atoms with Crippen LogP contribution < -0.4 is 21.3 Å². The number of benzene rings is 2. The number of carbonyl (C=O) groups excluding carboxylic acids is 1. The molecule has 0 atom stereocenters. The molecule has 0 saturated carbocycles. The Morgan fingerprint density at radius 3 is 2.53 bits per heavy atom. The zero-order valence-corrected chi connectivity index (χ0v) is 19.9. The molecule has 2 heterocycles. The highest BCUT2D eigenvalue weighted by molar-refractivity contribution is 6.33. The van der Waals surface area contributed by atoms with E-state index in [0.29, 0.717) is 33.4 Å². The minimum atomic E-state index is -0.704. The summed E-state index contributed by atoms with van der Waals surface area (Å²) in [5, 5.41) is 3.28. The summed E-state index contributed by atoms with van der Waals surface area (Å²) < 4.78 is 7.65. The number of para-hydroxylation sites is 2.